The smallest absolute Gasteiger partial charge is 0.127 e. The number of rotatable bonds is 4. The van der Waals surface area contributed by atoms with Crippen LogP contribution in [0.1, 0.15) is 43.2 Å². The number of anilines is 2. The highest BCUT2D eigenvalue weighted by atomic mass is 15.2. The van der Waals surface area contributed by atoms with Crippen LogP contribution in [0.4, 0.5) is 11.4 Å². The highest BCUT2D eigenvalue weighted by Crippen LogP contribution is 2.39. The molecule has 2 aromatic rings. The summed E-state index contributed by atoms with van der Waals surface area (Å²) in [4.78, 5) is 7.24. The normalized spacial score (nSPS) is 19.6. The molecular weight excluding hydrogens is 332 g/mol. The molecule has 0 bridgehead atoms. The second-order valence-electron chi connectivity index (χ2n) is 8.16. The summed E-state index contributed by atoms with van der Waals surface area (Å²) in [5, 5.41) is 7.48. The maximum absolute atomic E-state index is 5.05. The lowest BCUT2D eigenvalue weighted by Crippen LogP contribution is -2.53. The average molecular weight is 363 g/mol. The third-order valence-electron chi connectivity index (χ3n) is 5.66. The molecule has 1 saturated carbocycles. The van der Waals surface area contributed by atoms with Gasteiger partial charge in [-0.25, -0.2) is 0 Å². The van der Waals surface area contributed by atoms with E-state index in [0.717, 1.165) is 37.5 Å². The van der Waals surface area contributed by atoms with Gasteiger partial charge in [-0.15, -0.1) is 0 Å². The summed E-state index contributed by atoms with van der Waals surface area (Å²) in [6, 6.07) is 17.3. The number of nitrogens with one attached hydrogen (secondary N) is 2. The van der Waals surface area contributed by atoms with Crippen LogP contribution in [0.25, 0.3) is 0 Å². The zero-order valence-electron chi connectivity index (χ0n) is 16.5. The lowest BCUT2D eigenvalue weighted by Gasteiger charge is -2.44. The van der Waals surface area contributed by atoms with Crippen molar-refractivity contribution in [2.24, 2.45) is 4.99 Å². The number of aliphatic imine (C=N–C) groups is 1. The van der Waals surface area contributed by atoms with Gasteiger partial charge in [-0.05, 0) is 50.2 Å². The van der Waals surface area contributed by atoms with Gasteiger partial charge in [0.25, 0.3) is 0 Å². The minimum Gasteiger partial charge on any atom is -0.371 e. The summed E-state index contributed by atoms with van der Waals surface area (Å²) in [5.74, 6) is 1.11. The molecule has 2 aromatic carbocycles. The van der Waals surface area contributed by atoms with Crippen LogP contribution in [-0.4, -0.2) is 30.4 Å². The van der Waals surface area contributed by atoms with Gasteiger partial charge in [0, 0.05) is 6.54 Å². The highest BCUT2D eigenvalue weighted by molar-refractivity contribution is 6.09. The van der Waals surface area contributed by atoms with Crippen molar-refractivity contribution < 1.29 is 0 Å². The van der Waals surface area contributed by atoms with Gasteiger partial charge in [-0.3, -0.25) is 4.99 Å². The first-order valence-corrected chi connectivity index (χ1v) is 10.1. The molecule has 0 amide bonds. The number of hydrogen-bond acceptors (Lipinski definition) is 3. The van der Waals surface area contributed by atoms with E-state index in [1.165, 1.54) is 36.1 Å². The Labute approximate surface area is 162 Å². The largest absolute Gasteiger partial charge is 0.371 e. The number of benzene rings is 2. The fraction of sp³-hybridized carbons (Fsp3) is 0.435. The average Bonchev–Trinajstić information content (AvgIpc) is 2.68. The van der Waals surface area contributed by atoms with Crippen LogP contribution in [0.15, 0.2) is 53.5 Å². The van der Waals surface area contributed by atoms with Crippen LogP contribution in [-0.2, 0) is 13.1 Å². The minimum atomic E-state index is -0.0303. The van der Waals surface area contributed by atoms with Crippen LogP contribution in [0.3, 0.4) is 0 Å². The van der Waals surface area contributed by atoms with Crippen molar-refractivity contribution in [3.8, 4) is 0 Å². The first-order chi connectivity index (χ1) is 13.1. The summed E-state index contributed by atoms with van der Waals surface area (Å²) in [5.41, 5.74) is 4.90. The van der Waals surface area contributed by atoms with Crippen molar-refractivity contribution in [2.45, 2.75) is 50.7 Å². The van der Waals surface area contributed by atoms with E-state index in [-0.39, 0.29) is 5.54 Å². The standard InChI is InChI=1S/C23H30N4/c1-27(2)17-19-12-10-18(11-13-19)16-24-22-23(14-6-3-7-15-23)26-21-9-5-4-8-20(21)25-22/h4-5,8-13,26H,3,6-7,14-17H2,1-2H3,(H,24,25). The van der Waals surface area contributed by atoms with Gasteiger partial charge in [-0.2, -0.15) is 0 Å². The predicted octanol–water partition coefficient (Wildman–Crippen LogP) is 4.89. The zero-order valence-corrected chi connectivity index (χ0v) is 16.5. The Balaban J connectivity index is 1.56. The van der Waals surface area contributed by atoms with E-state index in [4.69, 9.17) is 4.99 Å². The van der Waals surface area contributed by atoms with Crippen LogP contribution in [0, 0.1) is 0 Å². The minimum absolute atomic E-state index is 0.0303. The SMILES string of the molecule is CN(C)Cc1ccc(CN=C2Nc3ccccc3NC23CCCCC3)cc1. The molecule has 0 aromatic heterocycles. The molecule has 4 nitrogen and oxygen atoms in total. The molecule has 0 atom stereocenters. The fourth-order valence-corrected chi connectivity index (χ4v) is 4.26. The van der Waals surface area contributed by atoms with Crippen LogP contribution in [0.2, 0.25) is 0 Å². The quantitative estimate of drug-likeness (QED) is 0.814. The highest BCUT2D eigenvalue weighted by Gasteiger charge is 2.40. The number of amidine groups is 1. The maximum Gasteiger partial charge on any atom is 0.127 e. The molecule has 1 aliphatic heterocycles. The molecule has 2 aliphatic rings. The van der Waals surface area contributed by atoms with Crippen molar-refractivity contribution in [3.63, 3.8) is 0 Å². The lowest BCUT2D eigenvalue weighted by molar-refractivity contribution is 0.402. The van der Waals surface area contributed by atoms with Gasteiger partial charge in [0.15, 0.2) is 0 Å². The molecule has 0 radical (unpaired) electrons. The second kappa shape index (κ2) is 7.73. The molecule has 4 heteroatoms. The van der Waals surface area contributed by atoms with E-state index in [1.807, 2.05) is 0 Å². The summed E-state index contributed by atoms with van der Waals surface area (Å²) < 4.78 is 0. The predicted molar refractivity (Wildman–Crippen MR) is 114 cm³/mol. The molecule has 1 fully saturated rings. The van der Waals surface area contributed by atoms with Crippen molar-refractivity contribution >= 4 is 17.2 Å². The van der Waals surface area contributed by atoms with Crippen LogP contribution in [0.5, 0.6) is 0 Å². The number of nitrogens with zero attached hydrogens (tertiary/aromatic N) is 2. The van der Waals surface area contributed by atoms with Crippen molar-refractivity contribution in [1.82, 2.24) is 4.90 Å². The van der Waals surface area contributed by atoms with Gasteiger partial charge >= 0.3 is 0 Å². The summed E-state index contributed by atoms with van der Waals surface area (Å²) in [6.07, 6.45) is 6.14. The van der Waals surface area contributed by atoms with Gasteiger partial charge in [0.05, 0.1) is 23.5 Å². The molecule has 0 unspecified atom stereocenters. The first kappa shape index (κ1) is 18.1. The van der Waals surface area contributed by atoms with Gasteiger partial charge < -0.3 is 15.5 Å². The second-order valence-corrected chi connectivity index (χ2v) is 8.16. The Hall–Kier alpha value is -2.33. The topological polar surface area (TPSA) is 39.7 Å². The Kier molecular flexibility index (Phi) is 5.17. The van der Waals surface area contributed by atoms with Gasteiger partial charge in [0.1, 0.15) is 5.84 Å². The number of hydrogen-bond donors (Lipinski definition) is 2. The maximum atomic E-state index is 5.05. The Morgan fingerprint density at radius 2 is 1.56 bits per heavy atom. The molecule has 1 spiro atoms. The van der Waals surface area contributed by atoms with E-state index in [0.29, 0.717) is 0 Å². The zero-order chi connectivity index (χ0) is 18.7. The van der Waals surface area contributed by atoms with E-state index >= 15 is 0 Å². The Morgan fingerprint density at radius 3 is 2.26 bits per heavy atom. The van der Waals surface area contributed by atoms with Crippen molar-refractivity contribution in [2.75, 3.05) is 24.7 Å². The van der Waals surface area contributed by atoms with E-state index < -0.39 is 0 Å². The third-order valence-corrected chi connectivity index (χ3v) is 5.66. The van der Waals surface area contributed by atoms with Gasteiger partial charge in [-0.1, -0.05) is 55.7 Å². The van der Waals surface area contributed by atoms with E-state index in [9.17, 15) is 0 Å². The molecule has 142 valence electrons. The van der Waals surface area contributed by atoms with Crippen LogP contribution >= 0.6 is 0 Å². The summed E-state index contributed by atoms with van der Waals surface area (Å²) >= 11 is 0. The van der Waals surface area contributed by atoms with E-state index in [1.54, 1.807) is 0 Å². The molecule has 2 N–H and O–H groups in total. The third kappa shape index (κ3) is 4.01. The van der Waals surface area contributed by atoms with E-state index in [2.05, 4.69) is 78.2 Å². The summed E-state index contributed by atoms with van der Waals surface area (Å²) in [7, 11) is 4.20. The molecule has 4 rings (SSSR count). The van der Waals surface area contributed by atoms with Crippen LogP contribution < -0.4 is 10.6 Å². The molecular formula is C23H30N4. The molecule has 1 heterocycles. The van der Waals surface area contributed by atoms with Crippen molar-refractivity contribution in [3.05, 3.63) is 59.7 Å². The molecule has 1 aliphatic carbocycles. The number of fused-ring (bicyclic) bond motifs is 1. The fourth-order valence-electron chi connectivity index (χ4n) is 4.26. The Bertz CT molecular complexity index is 801. The summed E-state index contributed by atoms with van der Waals surface area (Å²) in [6.45, 7) is 1.69. The number of para-hydroxylation sites is 2. The van der Waals surface area contributed by atoms with Gasteiger partial charge in [0.2, 0.25) is 0 Å². The van der Waals surface area contributed by atoms with Crippen molar-refractivity contribution in [1.29, 1.82) is 0 Å². The Morgan fingerprint density at radius 1 is 0.889 bits per heavy atom. The lowest BCUT2D eigenvalue weighted by atomic mass is 9.79. The monoisotopic (exact) mass is 362 g/mol. The molecule has 0 saturated heterocycles. The molecule has 27 heavy (non-hydrogen) atoms. The first-order valence-electron chi connectivity index (χ1n) is 10.1.